The first-order valence-electron chi connectivity index (χ1n) is 8.84. The molecule has 5 nitrogen and oxygen atoms in total. The average Bonchev–Trinajstić information content (AvgIpc) is 2.86. The second-order valence-corrected chi connectivity index (χ2v) is 7.69. The number of ether oxygens (including phenoxy) is 1. The maximum atomic E-state index is 13.1. The molecule has 4 rings (SSSR count). The smallest absolute Gasteiger partial charge is 0.337 e. The van der Waals surface area contributed by atoms with Crippen LogP contribution in [0.3, 0.4) is 0 Å². The molecule has 2 heterocycles. The van der Waals surface area contributed by atoms with Crippen LogP contribution >= 0.6 is 11.3 Å². The molecule has 0 saturated carbocycles. The van der Waals surface area contributed by atoms with E-state index < -0.39 is 0 Å². The van der Waals surface area contributed by atoms with Gasteiger partial charge in [0.2, 0.25) is 0 Å². The SMILES string of the molecule is COC(=O)c1ccc(Cn2cnc3sc4c(c3c2=O)CCCCC4)cc1. The molecular formula is C20H20N2O3S. The Hall–Kier alpha value is -2.47. The van der Waals surface area contributed by atoms with Gasteiger partial charge in [0.25, 0.3) is 5.56 Å². The molecule has 26 heavy (non-hydrogen) atoms. The fraction of sp³-hybridized carbons (Fsp3) is 0.350. The van der Waals surface area contributed by atoms with Gasteiger partial charge in [0, 0.05) is 4.88 Å². The summed E-state index contributed by atoms with van der Waals surface area (Å²) in [7, 11) is 1.36. The molecule has 0 N–H and O–H groups in total. The second kappa shape index (κ2) is 7.03. The lowest BCUT2D eigenvalue weighted by Gasteiger charge is -2.07. The van der Waals surface area contributed by atoms with E-state index in [2.05, 4.69) is 4.98 Å². The van der Waals surface area contributed by atoms with Crippen molar-refractivity contribution in [1.29, 1.82) is 0 Å². The van der Waals surface area contributed by atoms with Crippen molar-refractivity contribution in [3.63, 3.8) is 0 Å². The van der Waals surface area contributed by atoms with Crippen LogP contribution in [0, 0.1) is 0 Å². The zero-order chi connectivity index (χ0) is 18.1. The minimum atomic E-state index is -0.363. The molecule has 3 aromatic rings. The van der Waals surface area contributed by atoms with Crippen molar-refractivity contribution in [2.45, 2.75) is 38.6 Å². The van der Waals surface area contributed by atoms with Crippen LogP contribution in [-0.2, 0) is 24.1 Å². The third-order valence-corrected chi connectivity index (χ3v) is 6.12. The summed E-state index contributed by atoms with van der Waals surface area (Å²) >= 11 is 1.67. The van der Waals surface area contributed by atoms with Crippen LogP contribution in [-0.4, -0.2) is 22.6 Å². The van der Waals surface area contributed by atoms with Gasteiger partial charge in [0.05, 0.1) is 30.9 Å². The van der Waals surface area contributed by atoms with Crippen LogP contribution in [0.1, 0.15) is 45.6 Å². The predicted octanol–water partition coefficient (Wildman–Crippen LogP) is 3.56. The summed E-state index contributed by atoms with van der Waals surface area (Å²) in [5.41, 5.74) is 2.70. The van der Waals surface area contributed by atoms with Gasteiger partial charge in [-0.2, -0.15) is 0 Å². The van der Waals surface area contributed by atoms with E-state index in [9.17, 15) is 9.59 Å². The molecule has 0 fully saturated rings. The molecule has 0 amide bonds. The molecule has 0 saturated heterocycles. The van der Waals surface area contributed by atoms with Crippen molar-refractivity contribution in [1.82, 2.24) is 9.55 Å². The van der Waals surface area contributed by atoms with Crippen molar-refractivity contribution in [3.8, 4) is 0 Å². The van der Waals surface area contributed by atoms with Crippen molar-refractivity contribution < 1.29 is 9.53 Å². The summed E-state index contributed by atoms with van der Waals surface area (Å²) in [6.07, 6.45) is 7.23. The average molecular weight is 368 g/mol. The van der Waals surface area contributed by atoms with Gasteiger partial charge < -0.3 is 4.74 Å². The van der Waals surface area contributed by atoms with Crippen LogP contribution in [0.25, 0.3) is 10.2 Å². The van der Waals surface area contributed by atoms with E-state index in [4.69, 9.17) is 4.74 Å². The highest BCUT2D eigenvalue weighted by Gasteiger charge is 2.19. The summed E-state index contributed by atoms with van der Waals surface area (Å²) in [4.78, 5) is 31.3. The summed E-state index contributed by atoms with van der Waals surface area (Å²) in [6.45, 7) is 0.438. The molecule has 0 unspecified atom stereocenters. The largest absolute Gasteiger partial charge is 0.465 e. The van der Waals surface area contributed by atoms with Gasteiger partial charge >= 0.3 is 5.97 Å². The Kier molecular flexibility index (Phi) is 4.59. The van der Waals surface area contributed by atoms with Crippen molar-refractivity contribution in [3.05, 3.63) is 62.5 Å². The monoisotopic (exact) mass is 368 g/mol. The molecule has 134 valence electrons. The molecule has 1 aliphatic carbocycles. The highest BCUT2D eigenvalue weighted by Crippen LogP contribution is 2.32. The van der Waals surface area contributed by atoms with E-state index in [-0.39, 0.29) is 11.5 Å². The predicted molar refractivity (Wildman–Crippen MR) is 102 cm³/mol. The van der Waals surface area contributed by atoms with E-state index >= 15 is 0 Å². The highest BCUT2D eigenvalue weighted by atomic mass is 32.1. The normalized spacial score (nSPS) is 14.0. The Morgan fingerprint density at radius 3 is 2.73 bits per heavy atom. The lowest BCUT2D eigenvalue weighted by Crippen LogP contribution is -2.21. The van der Waals surface area contributed by atoms with Gasteiger partial charge in [-0.15, -0.1) is 11.3 Å². The third kappa shape index (κ3) is 3.05. The first-order valence-corrected chi connectivity index (χ1v) is 9.66. The van der Waals surface area contributed by atoms with Crippen molar-refractivity contribution in [2.75, 3.05) is 7.11 Å². The maximum absolute atomic E-state index is 13.1. The summed E-state index contributed by atoms with van der Waals surface area (Å²) in [6, 6.07) is 7.12. The first-order chi connectivity index (χ1) is 12.7. The number of fused-ring (bicyclic) bond motifs is 3. The van der Waals surface area contributed by atoms with Gasteiger partial charge in [-0.1, -0.05) is 18.6 Å². The van der Waals surface area contributed by atoms with E-state index in [0.717, 1.165) is 35.0 Å². The molecule has 0 bridgehead atoms. The van der Waals surface area contributed by atoms with Gasteiger partial charge in [-0.05, 0) is 48.9 Å². The molecule has 0 radical (unpaired) electrons. The minimum absolute atomic E-state index is 0.0337. The van der Waals surface area contributed by atoms with Crippen LogP contribution < -0.4 is 5.56 Å². The van der Waals surface area contributed by atoms with Crippen LogP contribution in [0.5, 0.6) is 0 Å². The quantitative estimate of drug-likeness (QED) is 0.524. The zero-order valence-electron chi connectivity index (χ0n) is 14.7. The van der Waals surface area contributed by atoms with Crippen molar-refractivity contribution in [2.24, 2.45) is 0 Å². The van der Waals surface area contributed by atoms with Crippen LogP contribution in [0.4, 0.5) is 0 Å². The van der Waals surface area contributed by atoms with Gasteiger partial charge in [-0.3, -0.25) is 9.36 Å². The molecule has 0 aliphatic heterocycles. The minimum Gasteiger partial charge on any atom is -0.465 e. The van der Waals surface area contributed by atoms with E-state index in [0.29, 0.717) is 12.1 Å². The summed E-state index contributed by atoms with van der Waals surface area (Å²) in [5, 5.41) is 0.806. The topological polar surface area (TPSA) is 61.2 Å². The Balaban J connectivity index is 1.69. The second-order valence-electron chi connectivity index (χ2n) is 6.61. The number of carbonyl (C=O) groups is 1. The number of carbonyl (C=O) groups excluding carboxylic acids is 1. The standard InChI is InChI=1S/C20H20N2O3S/c1-25-20(24)14-9-7-13(8-10-14)11-22-12-21-18-17(19(22)23)15-5-3-2-4-6-16(15)26-18/h7-10,12H,2-6,11H2,1H3. The number of hydrogen-bond donors (Lipinski definition) is 0. The molecule has 0 spiro atoms. The number of thiophene rings is 1. The number of hydrogen-bond acceptors (Lipinski definition) is 5. The number of methoxy groups -OCH3 is 1. The molecule has 1 aromatic carbocycles. The summed E-state index contributed by atoms with van der Waals surface area (Å²) < 4.78 is 6.37. The zero-order valence-corrected chi connectivity index (χ0v) is 15.5. The van der Waals surface area contributed by atoms with Crippen molar-refractivity contribution >= 4 is 27.5 Å². The fourth-order valence-corrected chi connectivity index (χ4v) is 4.75. The molecule has 6 heteroatoms. The van der Waals surface area contributed by atoms with E-state index in [1.54, 1.807) is 34.4 Å². The number of esters is 1. The molecular weight excluding hydrogens is 348 g/mol. The van der Waals surface area contributed by atoms with Gasteiger partial charge in [0.1, 0.15) is 4.83 Å². The third-order valence-electron chi connectivity index (χ3n) is 4.92. The number of aryl methyl sites for hydroxylation is 2. The number of rotatable bonds is 3. The molecule has 2 aromatic heterocycles. The molecule has 1 aliphatic rings. The first kappa shape index (κ1) is 17.0. The van der Waals surface area contributed by atoms with E-state index in [1.807, 2.05) is 12.1 Å². The number of benzene rings is 1. The Morgan fingerprint density at radius 2 is 1.96 bits per heavy atom. The van der Waals surface area contributed by atoms with E-state index in [1.165, 1.54) is 30.4 Å². The number of nitrogens with zero attached hydrogens (tertiary/aromatic N) is 2. The Bertz CT molecular complexity index is 1020. The van der Waals surface area contributed by atoms with Crippen LogP contribution in [0.15, 0.2) is 35.4 Å². The lowest BCUT2D eigenvalue weighted by molar-refractivity contribution is 0.0600. The lowest BCUT2D eigenvalue weighted by atomic mass is 10.1. The fourth-order valence-electron chi connectivity index (χ4n) is 3.53. The Morgan fingerprint density at radius 1 is 1.19 bits per heavy atom. The van der Waals surface area contributed by atoms with Crippen LogP contribution in [0.2, 0.25) is 0 Å². The molecule has 0 atom stereocenters. The Labute approximate surface area is 155 Å². The maximum Gasteiger partial charge on any atom is 0.337 e. The number of aromatic nitrogens is 2. The van der Waals surface area contributed by atoms with Gasteiger partial charge in [-0.25, -0.2) is 9.78 Å². The summed E-state index contributed by atoms with van der Waals surface area (Å²) in [5.74, 6) is -0.363. The van der Waals surface area contributed by atoms with Gasteiger partial charge in [0.15, 0.2) is 0 Å². The highest BCUT2D eigenvalue weighted by molar-refractivity contribution is 7.18.